The molecule has 2 rings (SSSR count). The third-order valence-corrected chi connectivity index (χ3v) is 2.25. The molecule has 0 N–H and O–H groups in total. The molecular weight excluding hydrogens is 257 g/mol. The molecule has 0 bridgehead atoms. The topological polar surface area (TPSA) is 45.9 Å². The molecule has 2 aromatic rings. The van der Waals surface area contributed by atoms with Crippen molar-refractivity contribution in [2.75, 3.05) is 0 Å². The van der Waals surface area contributed by atoms with Gasteiger partial charge >= 0.3 is 6.36 Å². The molecule has 0 fully saturated rings. The van der Waals surface area contributed by atoms with Crippen molar-refractivity contribution in [3.05, 3.63) is 48.2 Å². The zero-order chi connectivity index (χ0) is 13.9. The van der Waals surface area contributed by atoms with Gasteiger partial charge in [0.1, 0.15) is 5.75 Å². The van der Waals surface area contributed by atoms with E-state index in [0.29, 0.717) is 16.8 Å². The first kappa shape index (κ1) is 12.9. The van der Waals surface area contributed by atoms with Gasteiger partial charge in [0.15, 0.2) is 0 Å². The molecule has 19 heavy (non-hydrogen) atoms. The summed E-state index contributed by atoms with van der Waals surface area (Å²) < 4.78 is 40.2. The number of pyridine rings is 1. The van der Waals surface area contributed by atoms with Gasteiger partial charge in [-0.15, -0.1) is 13.2 Å². The quantitative estimate of drug-likeness (QED) is 0.833. The molecule has 0 aliphatic rings. The highest BCUT2D eigenvalue weighted by Gasteiger charge is 2.31. The van der Waals surface area contributed by atoms with E-state index in [9.17, 15) is 13.2 Å². The van der Waals surface area contributed by atoms with E-state index in [1.807, 2.05) is 6.07 Å². The number of ether oxygens (including phenoxy) is 1. The number of hydrogen-bond acceptors (Lipinski definition) is 3. The second-order valence-electron chi connectivity index (χ2n) is 3.62. The Morgan fingerprint density at radius 2 is 1.95 bits per heavy atom. The third-order valence-electron chi connectivity index (χ3n) is 2.25. The van der Waals surface area contributed by atoms with Crippen molar-refractivity contribution in [2.45, 2.75) is 6.36 Å². The predicted molar refractivity (Wildman–Crippen MR) is 61.1 cm³/mol. The molecule has 1 heterocycles. The van der Waals surface area contributed by atoms with Crippen LogP contribution in [-0.4, -0.2) is 11.3 Å². The minimum atomic E-state index is -4.74. The van der Waals surface area contributed by atoms with E-state index in [0.717, 1.165) is 0 Å². The molecule has 6 heteroatoms. The number of alkyl halides is 3. The van der Waals surface area contributed by atoms with Crippen LogP contribution in [0.3, 0.4) is 0 Å². The summed E-state index contributed by atoms with van der Waals surface area (Å²) in [6.07, 6.45) is -3.31. The summed E-state index contributed by atoms with van der Waals surface area (Å²) in [5.74, 6) is -0.325. The van der Waals surface area contributed by atoms with Crippen LogP contribution in [0.25, 0.3) is 11.3 Å². The highest BCUT2D eigenvalue weighted by molar-refractivity contribution is 5.62. The largest absolute Gasteiger partial charge is 0.573 e. The SMILES string of the molecule is N#Cc1ccnc(-c2cccc(OC(F)(F)F)c2)c1. The van der Waals surface area contributed by atoms with Crippen molar-refractivity contribution in [1.29, 1.82) is 5.26 Å². The summed E-state index contributed by atoms with van der Waals surface area (Å²) in [5, 5.41) is 8.77. The van der Waals surface area contributed by atoms with E-state index < -0.39 is 6.36 Å². The van der Waals surface area contributed by atoms with E-state index in [-0.39, 0.29) is 5.75 Å². The lowest BCUT2D eigenvalue weighted by atomic mass is 10.1. The molecule has 0 saturated carbocycles. The van der Waals surface area contributed by atoms with Gasteiger partial charge in [-0.3, -0.25) is 4.98 Å². The number of halogens is 3. The van der Waals surface area contributed by atoms with Crippen molar-refractivity contribution in [1.82, 2.24) is 4.98 Å². The molecular formula is C13H7F3N2O. The first-order chi connectivity index (χ1) is 8.98. The first-order valence-electron chi connectivity index (χ1n) is 5.20. The van der Waals surface area contributed by atoms with Gasteiger partial charge in [-0.2, -0.15) is 5.26 Å². The predicted octanol–water partition coefficient (Wildman–Crippen LogP) is 3.52. The maximum Gasteiger partial charge on any atom is 0.573 e. The molecule has 0 atom stereocenters. The second kappa shape index (κ2) is 4.98. The summed E-state index contributed by atoms with van der Waals surface area (Å²) in [6.45, 7) is 0. The lowest BCUT2D eigenvalue weighted by molar-refractivity contribution is -0.274. The zero-order valence-electron chi connectivity index (χ0n) is 9.48. The summed E-state index contributed by atoms with van der Waals surface area (Å²) in [4.78, 5) is 4.01. The molecule has 0 radical (unpaired) electrons. The van der Waals surface area contributed by atoms with Crippen molar-refractivity contribution < 1.29 is 17.9 Å². The molecule has 3 nitrogen and oxygen atoms in total. The van der Waals surface area contributed by atoms with Gasteiger partial charge < -0.3 is 4.74 Å². The summed E-state index contributed by atoms with van der Waals surface area (Å²) in [5.41, 5.74) is 1.23. The number of benzene rings is 1. The number of nitriles is 1. The van der Waals surface area contributed by atoms with Gasteiger partial charge in [0.05, 0.1) is 17.3 Å². The first-order valence-corrected chi connectivity index (χ1v) is 5.20. The zero-order valence-corrected chi connectivity index (χ0v) is 9.48. The standard InChI is InChI=1S/C13H7F3N2O/c14-13(15,16)19-11-3-1-2-10(7-11)12-6-9(8-17)4-5-18-12/h1-7H. The Kier molecular flexibility index (Phi) is 3.38. The average molecular weight is 264 g/mol. The smallest absolute Gasteiger partial charge is 0.406 e. The highest BCUT2D eigenvalue weighted by Crippen LogP contribution is 2.27. The molecule has 96 valence electrons. The minimum absolute atomic E-state index is 0.325. The fourth-order valence-corrected chi connectivity index (χ4v) is 1.51. The summed E-state index contributed by atoms with van der Waals surface area (Å²) >= 11 is 0. The van der Waals surface area contributed by atoms with E-state index >= 15 is 0 Å². The summed E-state index contributed by atoms with van der Waals surface area (Å²) in [7, 11) is 0. The van der Waals surface area contributed by atoms with Gasteiger partial charge in [0.25, 0.3) is 0 Å². The lowest BCUT2D eigenvalue weighted by Gasteiger charge is -2.09. The minimum Gasteiger partial charge on any atom is -0.406 e. The van der Waals surface area contributed by atoms with Crippen molar-refractivity contribution in [2.24, 2.45) is 0 Å². The van der Waals surface area contributed by atoms with Crippen LogP contribution in [0, 0.1) is 11.3 Å². The molecule has 0 aliphatic heterocycles. The van der Waals surface area contributed by atoms with Crippen LogP contribution >= 0.6 is 0 Å². The van der Waals surface area contributed by atoms with Gasteiger partial charge in [-0.05, 0) is 24.3 Å². The lowest BCUT2D eigenvalue weighted by Crippen LogP contribution is -2.17. The van der Waals surface area contributed by atoms with E-state index in [1.165, 1.54) is 36.5 Å². The van der Waals surface area contributed by atoms with Crippen LogP contribution in [0.4, 0.5) is 13.2 Å². The maximum absolute atomic E-state index is 12.1. The maximum atomic E-state index is 12.1. The molecule has 0 aliphatic carbocycles. The van der Waals surface area contributed by atoms with Crippen LogP contribution in [-0.2, 0) is 0 Å². The Labute approximate surface area is 106 Å². The van der Waals surface area contributed by atoms with Crippen molar-refractivity contribution in [3.63, 3.8) is 0 Å². The van der Waals surface area contributed by atoms with Gasteiger partial charge in [-0.25, -0.2) is 0 Å². The summed E-state index contributed by atoms with van der Waals surface area (Å²) in [6, 6.07) is 10.4. The molecule has 0 unspecified atom stereocenters. The van der Waals surface area contributed by atoms with E-state index in [4.69, 9.17) is 5.26 Å². The molecule has 0 saturated heterocycles. The number of hydrogen-bond donors (Lipinski definition) is 0. The molecule has 0 spiro atoms. The Morgan fingerprint density at radius 3 is 2.63 bits per heavy atom. The Balaban J connectivity index is 2.35. The van der Waals surface area contributed by atoms with Gasteiger partial charge in [0, 0.05) is 11.8 Å². The Morgan fingerprint density at radius 1 is 1.16 bits per heavy atom. The normalized spacial score (nSPS) is 10.8. The van der Waals surface area contributed by atoms with Crippen LogP contribution in [0.15, 0.2) is 42.6 Å². The highest BCUT2D eigenvalue weighted by atomic mass is 19.4. The fraction of sp³-hybridized carbons (Fsp3) is 0.0769. The fourth-order valence-electron chi connectivity index (χ4n) is 1.51. The third kappa shape index (κ3) is 3.45. The van der Waals surface area contributed by atoms with Crippen molar-refractivity contribution >= 4 is 0 Å². The van der Waals surface area contributed by atoms with Crippen LogP contribution in [0.2, 0.25) is 0 Å². The molecule has 1 aromatic carbocycles. The van der Waals surface area contributed by atoms with Gasteiger partial charge in [-0.1, -0.05) is 12.1 Å². The Hall–Kier alpha value is -2.55. The number of nitrogens with zero attached hydrogens (tertiary/aromatic N) is 2. The number of rotatable bonds is 2. The molecule has 0 amide bonds. The van der Waals surface area contributed by atoms with Crippen LogP contribution in [0.5, 0.6) is 5.75 Å². The Bertz CT molecular complexity index is 632. The van der Waals surface area contributed by atoms with E-state index in [2.05, 4.69) is 9.72 Å². The van der Waals surface area contributed by atoms with Crippen LogP contribution < -0.4 is 4.74 Å². The van der Waals surface area contributed by atoms with E-state index in [1.54, 1.807) is 6.07 Å². The van der Waals surface area contributed by atoms with Crippen molar-refractivity contribution in [3.8, 4) is 23.1 Å². The average Bonchev–Trinajstić information content (AvgIpc) is 2.37. The molecule has 1 aromatic heterocycles. The number of aromatic nitrogens is 1. The van der Waals surface area contributed by atoms with Gasteiger partial charge in [0.2, 0.25) is 0 Å². The monoisotopic (exact) mass is 264 g/mol. The van der Waals surface area contributed by atoms with Crippen LogP contribution in [0.1, 0.15) is 5.56 Å². The second-order valence-corrected chi connectivity index (χ2v) is 3.62.